The topological polar surface area (TPSA) is 30.0 Å². The lowest BCUT2D eigenvalue weighted by Crippen LogP contribution is -2.23. The molecule has 0 amide bonds. The van der Waals surface area contributed by atoms with Crippen LogP contribution in [0.1, 0.15) is 35.2 Å². The van der Waals surface area contributed by atoms with Crippen molar-refractivity contribution in [1.29, 1.82) is 0 Å². The van der Waals surface area contributed by atoms with Crippen LogP contribution in [0.15, 0.2) is 18.5 Å². The van der Waals surface area contributed by atoms with Crippen LogP contribution in [-0.4, -0.2) is 10.8 Å². The lowest BCUT2D eigenvalue weighted by atomic mass is 9.81. The fourth-order valence-corrected chi connectivity index (χ4v) is 2.25. The van der Waals surface area contributed by atoms with Crippen molar-refractivity contribution < 1.29 is 4.79 Å². The van der Waals surface area contributed by atoms with Gasteiger partial charge in [-0.1, -0.05) is 0 Å². The van der Waals surface area contributed by atoms with Crippen LogP contribution in [0.3, 0.4) is 0 Å². The lowest BCUT2D eigenvalue weighted by Gasteiger charge is -2.21. The van der Waals surface area contributed by atoms with Crippen molar-refractivity contribution in [2.75, 3.05) is 0 Å². The molecule has 0 aromatic carbocycles. The van der Waals surface area contributed by atoms with Gasteiger partial charge in [0.15, 0.2) is 5.78 Å². The van der Waals surface area contributed by atoms with Crippen LogP contribution >= 0.6 is 0 Å². The number of rotatable bonds is 0. The maximum atomic E-state index is 12.0. The van der Waals surface area contributed by atoms with Crippen LogP contribution in [0, 0.1) is 5.41 Å². The van der Waals surface area contributed by atoms with Crippen LogP contribution in [0.4, 0.5) is 0 Å². The fourth-order valence-electron chi connectivity index (χ4n) is 2.25. The fraction of sp³-hybridized carbons (Fsp3) is 0.455. The van der Waals surface area contributed by atoms with Gasteiger partial charge in [0, 0.05) is 23.4 Å². The van der Waals surface area contributed by atoms with Crippen LogP contribution in [0.2, 0.25) is 0 Å². The van der Waals surface area contributed by atoms with Crippen molar-refractivity contribution >= 4 is 5.78 Å². The van der Waals surface area contributed by atoms with E-state index in [0.717, 1.165) is 31.2 Å². The third kappa shape index (κ3) is 0.886. The second-order valence-corrected chi connectivity index (χ2v) is 4.14. The molecule has 1 saturated carbocycles. The highest BCUT2D eigenvalue weighted by Gasteiger charge is 2.51. The summed E-state index contributed by atoms with van der Waals surface area (Å²) < 4.78 is 0. The molecule has 2 nitrogen and oxygen atoms in total. The number of hydrogen-bond donors (Lipinski definition) is 0. The average Bonchev–Trinajstić information content (AvgIpc) is 2.94. The van der Waals surface area contributed by atoms with E-state index in [1.54, 1.807) is 12.4 Å². The van der Waals surface area contributed by atoms with E-state index in [0.29, 0.717) is 5.78 Å². The Morgan fingerprint density at radius 3 is 2.92 bits per heavy atom. The minimum absolute atomic E-state index is 0.0516. The number of aromatic nitrogens is 1. The summed E-state index contributed by atoms with van der Waals surface area (Å²) in [6.07, 6.45) is 7.82. The van der Waals surface area contributed by atoms with E-state index in [1.807, 2.05) is 6.07 Å². The summed E-state index contributed by atoms with van der Waals surface area (Å²) in [7, 11) is 0. The number of Topliss-reactive ketones (excluding diaryl/α,β-unsaturated/α-hetero) is 1. The van der Waals surface area contributed by atoms with Crippen molar-refractivity contribution in [3.63, 3.8) is 0 Å². The quantitative estimate of drug-likeness (QED) is 0.600. The minimum Gasteiger partial charge on any atom is -0.293 e. The molecule has 0 radical (unpaired) electrons. The van der Waals surface area contributed by atoms with E-state index in [9.17, 15) is 4.79 Å². The number of nitrogens with zero attached hydrogens (tertiary/aromatic N) is 1. The normalized spacial score (nSPS) is 22.9. The van der Waals surface area contributed by atoms with Gasteiger partial charge in [0.2, 0.25) is 0 Å². The van der Waals surface area contributed by atoms with Crippen LogP contribution in [0.25, 0.3) is 0 Å². The first kappa shape index (κ1) is 7.25. The van der Waals surface area contributed by atoms with E-state index in [1.165, 1.54) is 5.56 Å². The molecule has 0 aliphatic heterocycles. The molecule has 1 aromatic rings. The molecule has 1 heterocycles. The smallest absolute Gasteiger partial charge is 0.170 e. The third-order valence-electron chi connectivity index (χ3n) is 3.36. The number of carbonyl (C=O) groups is 1. The van der Waals surface area contributed by atoms with Crippen molar-refractivity contribution in [2.45, 2.75) is 25.7 Å². The maximum Gasteiger partial charge on any atom is 0.170 e. The molecule has 2 heteroatoms. The van der Waals surface area contributed by atoms with Crippen molar-refractivity contribution in [3.05, 3.63) is 29.6 Å². The second-order valence-electron chi connectivity index (χ2n) is 4.14. The Morgan fingerprint density at radius 1 is 1.31 bits per heavy atom. The van der Waals surface area contributed by atoms with E-state index in [2.05, 4.69) is 4.98 Å². The summed E-state index contributed by atoms with van der Waals surface area (Å²) in [5, 5.41) is 0. The van der Waals surface area contributed by atoms with Gasteiger partial charge >= 0.3 is 0 Å². The Balaban J connectivity index is 2.13. The van der Waals surface area contributed by atoms with Crippen molar-refractivity contribution in [2.24, 2.45) is 5.41 Å². The number of carbonyl (C=O) groups excluding carboxylic acids is 1. The molecular weight excluding hydrogens is 162 g/mol. The summed E-state index contributed by atoms with van der Waals surface area (Å²) in [5.74, 6) is 0.349. The average molecular weight is 173 g/mol. The zero-order valence-electron chi connectivity index (χ0n) is 7.42. The van der Waals surface area contributed by atoms with Crippen molar-refractivity contribution in [1.82, 2.24) is 4.98 Å². The number of aryl methyl sites for hydroxylation is 1. The summed E-state index contributed by atoms with van der Waals surface area (Å²) in [4.78, 5) is 16.0. The van der Waals surface area contributed by atoms with E-state index in [-0.39, 0.29) is 5.41 Å². The van der Waals surface area contributed by atoms with Gasteiger partial charge in [0.1, 0.15) is 0 Å². The first-order valence-electron chi connectivity index (χ1n) is 4.80. The predicted octanol–water partition coefficient (Wildman–Crippen LogP) is 1.99. The Kier molecular flexibility index (Phi) is 1.22. The molecule has 1 aromatic heterocycles. The number of ketones is 1. The Morgan fingerprint density at radius 2 is 2.15 bits per heavy atom. The molecule has 0 saturated heterocycles. The van der Waals surface area contributed by atoms with Crippen molar-refractivity contribution in [3.8, 4) is 0 Å². The molecule has 1 spiro atoms. The largest absolute Gasteiger partial charge is 0.293 e. The molecular formula is C11H11NO. The highest BCUT2D eigenvalue weighted by molar-refractivity contribution is 6.04. The highest BCUT2D eigenvalue weighted by Crippen LogP contribution is 2.54. The Bertz CT molecular complexity index is 379. The molecule has 13 heavy (non-hydrogen) atoms. The summed E-state index contributed by atoms with van der Waals surface area (Å²) in [5.41, 5.74) is 2.12. The Labute approximate surface area is 77.0 Å². The standard InChI is InChI=1S/C11H11NO/c13-10-9-7-12-6-2-8(9)1-3-11(10)4-5-11/h2,6-7H,1,3-5H2. The first-order chi connectivity index (χ1) is 6.32. The second kappa shape index (κ2) is 2.19. The van der Waals surface area contributed by atoms with Gasteiger partial charge in [-0.3, -0.25) is 9.78 Å². The minimum atomic E-state index is 0.0516. The molecule has 0 bridgehead atoms. The highest BCUT2D eigenvalue weighted by atomic mass is 16.1. The SMILES string of the molecule is O=C1c2cnccc2CCC12CC2. The third-order valence-corrected chi connectivity index (χ3v) is 3.36. The molecule has 1 fully saturated rings. The molecule has 0 N–H and O–H groups in total. The maximum absolute atomic E-state index is 12.0. The van der Waals surface area contributed by atoms with Gasteiger partial charge in [-0.25, -0.2) is 0 Å². The van der Waals surface area contributed by atoms with Crippen LogP contribution in [-0.2, 0) is 6.42 Å². The molecule has 3 rings (SSSR count). The number of fused-ring (bicyclic) bond motifs is 1. The molecule has 2 aliphatic rings. The number of hydrogen-bond acceptors (Lipinski definition) is 2. The van der Waals surface area contributed by atoms with Gasteiger partial charge in [-0.2, -0.15) is 0 Å². The van der Waals surface area contributed by atoms with Crippen LogP contribution < -0.4 is 0 Å². The molecule has 0 unspecified atom stereocenters. The predicted molar refractivity (Wildman–Crippen MR) is 48.6 cm³/mol. The van der Waals surface area contributed by atoms with Gasteiger partial charge in [0.25, 0.3) is 0 Å². The first-order valence-corrected chi connectivity index (χ1v) is 4.80. The van der Waals surface area contributed by atoms with Gasteiger partial charge < -0.3 is 0 Å². The monoisotopic (exact) mass is 173 g/mol. The van der Waals surface area contributed by atoms with E-state index in [4.69, 9.17) is 0 Å². The lowest BCUT2D eigenvalue weighted by molar-refractivity contribution is 0.0880. The van der Waals surface area contributed by atoms with Gasteiger partial charge in [-0.15, -0.1) is 0 Å². The van der Waals surface area contributed by atoms with Crippen LogP contribution in [0.5, 0.6) is 0 Å². The summed E-state index contributed by atoms with van der Waals surface area (Å²) >= 11 is 0. The summed E-state index contributed by atoms with van der Waals surface area (Å²) in [6, 6.07) is 1.97. The molecule has 0 atom stereocenters. The molecule has 66 valence electrons. The van der Waals surface area contributed by atoms with Gasteiger partial charge in [0.05, 0.1) is 0 Å². The van der Waals surface area contributed by atoms with E-state index >= 15 is 0 Å². The Hall–Kier alpha value is -1.18. The number of pyridine rings is 1. The van der Waals surface area contributed by atoms with E-state index < -0.39 is 0 Å². The zero-order valence-corrected chi connectivity index (χ0v) is 7.42. The zero-order chi connectivity index (χ0) is 8.89. The summed E-state index contributed by atoms with van der Waals surface area (Å²) in [6.45, 7) is 0. The van der Waals surface area contributed by atoms with Gasteiger partial charge in [-0.05, 0) is 37.3 Å². The molecule has 2 aliphatic carbocycles.